The van der Waals surface area contributed by atoms with E-state index in [9.17, 15) is 14.4 Å². The Labute approximate surface area is 169 Å². The van der Waals surface area contributed by atoms with Gasteiger partial charge in [-0.05, 0) is 25.2 Å². The number of carbonyl (C=O) groups is 3. The number of allylic oxidation sites excluding steroid dienone is 2. The SMILES string of the molecule is C=CCCC(=O)N[C@@H](CCCC)COC(=O)C(CC=C)CC(=O)OCC(C)C. The first kappa shape index (κ1) is 25.9. The Morgan fingerprint density at radius 2 is 1.79 bits per heavy atom. The van der Waals surface area contributed by atoms with E-state index in [1.807, 2.05) is 13.8 Å². The summed E-state index contributed by atoms with van der Waals surface area (Å²) in [5.41, 5.74) is 0. The molecule has 1 unspecified atom stereocenters. The first-order chi connectivity index (χ1) is 13.3. The topological polar surface area (TPSA) is 81.7 Å². The van der Waals surface area contributed by atoms with E-state index in [1.165, 1.54) is 0 Å². The molecule has 1 N–H and O–H groups in total. The van der Waals surface area contributed by atoms with Crippen molar-refractivity contribution in [1.29, 1.82) is 0 Å². The van der Waals surface area contributed by atoms with Gasteiger partial charge in [0, 0.05) is 6.42 Å². The van der Waals surface area contributed by atoms with Crippen molar-refractivity contribution in [2.24, 2.45) is 11.8 Å². The smallest absolute Gasteiger partial charge is 0.309 e. The van der Waals surface area contributed by atoms with Crippen LogP contribution in [0, 0.1) is 11.8 Å². The molecule has 0 aliphatic heterocycles. The van der Waals surface area contributed by atoms with E-state index in [0.29, 0.717) is 25.9 Å². The Kier molecular flexibility index (Phi) is 14.7. The van der Waals surface area contributed by atoms with Gasteiger partial charge < -0.3 is 14.8 Å². The maximum Gasteiger partial charge on any atom is 0.309 e. The molecule has 0 radical (unpaired) electrons. The Balaban J connectivity index is 4.67. The first-order valence-corrected chi connectivity index (χ1v) is 10.2. The zero-order valence-electron chi connectivity index (χ0n) is 17.7. The van der Waals surface area contributed by atoms with Crippen molar-refractivity contribution in [2.75, 3.05) is 13.2 Å². The van der Waals surface area contributed by atoms with Gasteiger partial charge in [-0.3, -0.25) is 14.4 Å². The largest absolute Gasteiger partial charge is 0.465 e. The molecule has 0 aromatic heterocycles. The number of esters is 2. The number of rotatable bonds is 16. The van der Waals surface area contributed by atoms with E-state index in [0.717, 1.165) is 19.3 Å². The molecule has 160 valence electrons. The molecule has 6 heteroatoms. The molecule has 0 bridgehead atoms. The molecule has 0 saturated heterocycles. The zero-order valence-corrected chi connectivity index (χ0v) is 17.7. The van der Waals surface area contributed by atoms with Crippen LogP contribution in [0.5, 0.6) is 0 Å². The maximum absolute atomic E-state index is 12.4. The molecule has 0 rings (SSSR count). The second-order valence-corrected chi connectivity index (χ2v) is 7.37. The molecule has 28 heavy (non-hydrogen) atoms. The van der Waals surface area contributed by atoms with Gasteiger partial charge in [0.15, 0.2) is 0 Å². The molecule has 0 saturated carbocycles. The van der Waals surface area contributed by atoms with Crippen molar-refractivity contribution in [3.8, 4) is 0 Å². The van der Waals surface area contributed by atoms with Gasteiger partial charge in [0.05, 0.1) is 25.0 Å². The molecule has 0 heterocycles. The van der Waals surface area contributed by atoms with E-state index in [2.05, 4.69) is 25.4 Å². The van der Waals surface area contributed by atoms with Gasteiger partial charge in [-0.25, -0.2) is 0 Å². The van der Waals surface area contributed by atoms with Gasteiger partial charge in [-0.15, -0.1) is 13.2 Å². The van der Waals surface area contributed by atoms with Gasteiger partial charge >= 0.3 is 11.9 Å². The minimum atomic E-state index is -0.625. The third kappa shape index (κ3) is 13.1. The molecule has 0 spiro atoms. The number of hydrogen-bond donors (Lipinski definition) is 1. The van der Waals surface area contributed by atoms with Crippen molar-refractivity contribution in [3.63, 3.8) is 0 Å². The second-order valence-electron chi connectivity index (χ2n) is 7.37. The average Bonchev–Trinajstić information content (AvgIpc) is 2.66. The normalized spacial score (nSPS) is 12.7. The summed E-state index contributed by atoms with van der Waals surface area (Å²) in [5, 5.41) is 2.91. The van der Waals surface area contributed by atoms with E-state index in [4.69, 9.17) is 9.47 Å². The van der Waals surface area contributed by atoms with E-state index in [-0.39, 0.29) is 30.9 Å². The molecule has 0 fully saturated rings. The lowest BCUT2D eigenvalue weighted by Gasteiger charge is -2.20. The molecule has 1 amide bonds. The van der Waals surface area contributed by atoms with Gasteiger partial charge in [-0.1, -0.05) is 45.8 Å². The molecule has 0 aromatic carbocycles. The quantitative estimate of drug-likeness (QED) is 0.316. The fraction of sp³-hybridized carbons (Fsp3) is 0.682. The summed E-state index contributed by atoms with van der Waals surface area (Å²) in [7, 11) is 0. The van der Waals surface area contributed by atoms with Crippen LogP contribution < -0.4 is 5.32 Å². The van der Waals surface area contributed by atoms with Crippen LogP contribution in [0.15, 0.2) is 25.3 Å². The van der Waals surface area contributed by atoms with E-state index >= 15 is 0 Å². The first-order valence-electron chi connectivity index (χ1n) is 10.2. The van der Waals surface area contributed by atoms with Gasteiger partial charge in [-0.2, -0.15) is 0 Å². The Morgan fingerprint density at radius 3 is 2.36 bits per heavy atom. The molecular formula is C22H37NO5. The Hall–Kier alpha value is -2.11. The highest BCUT2D eigenvalue weighted by Gasteiger charge is 2.24. The zero-order chi connectivity index (χ0) is 21.4. The molecule has 0 aliphatic carbocycles. The molecule has 2 atom stereocenters. The Morgan fingerprint density at radius 1 is 1.07 bits per heavy atom. The van der Waals surface area contributed by atoms with Crippen molar-refractivity contribution < 1.29 is 23.9 Å². The molecule has 0 aromatic rings. The van der Waals surface area contributed by atoms with Crippen LogP contribution in [0.4, 0.5) is 0 Å². The van der Waals surface area contributed by atoms with Crippen molar-refractivity contribution in [3.05, 3.63) is 25.3 Å². The summed E-state index contributed by atoms with van der Waals surface area (Å²) in [5.74, 6) is -1.36. The van der Waals surface area contributed by atoms with Crippen LogP contribution in [0.25, 0.3) is 0 Å². The lowest BCUT2D eigenvalue weighted by atomic mass is 10.0. The number of carbonyl (C=O) groups excluding carboxylic acids is 3. The highest BCUT2D eigenvalue weighted by Crippen LogP contribution is 2.14. The fourth-order valence-electron chi connectivity index (χ4n) is 2.47. The average molecular weight is 396 g/mol. The number of hydrogen-bond acceptors (Lipinski definition) is 5. The minimum absolute atomic E-state index is 0.0388. The third-order valence-electron chi connectivity index (χ3n) is 4.05. The van der Waals surface area contributed by atoms with Crippen molar-refractivity contribution in [1.82, 2.24) is 5.32 Å². The number of amides is 1. The molecule has 0 aliphatic rings. The highest BCUT2D eigenvalue weighted by atomic mass is 16.5. The monoisotopic (exact) mass is 395 g/mol. The van der Waals surface area contributed by atoms with Gasteiger partial charge in [0.2, 0.25) is 5.91 Å². The van der Waals surface area contributed by atoms with Gasteiger partial charge in [0.1, 0.15) is 6.61 Å². The summed E-state index contributed by atoms with van der Waals surface area (Å²) in [6, 6.07) is -0.238. The second kappa shape index (κ2) is 15.9. The summed E-state index contributed by atoms with van der Waals surface area (Å²) >= 11 is 0. The Bertz CT molecular complexity index is 501. The number of ether oxygens (including phenoxy) is 2. The maximum atomic E-state index is 12.4. The summed E-state index contributed by atoms with van der Waals surface area (Å²) in [6.45, 7) is 13.6. The summed E-state index contributed by atoms with van der Waals surface area (Å²) in [6.07, 6.45) is 7.17. The molecular weight excluding hydrogens is 358 g/mol. The van der Waals surface area contributed by atoms with Crippen LogP contribution in [0.3, 0.4) is 0 Å². The predicted molar refractivity (Wildman–Crippen MR) is 111 cm³/mol. The minimum Gasteiger partial charge on any atom is -0.465 e. The van der Waals surface area contributed by atoms with Crippen LogP contribution >= 0.6 is 0 Å². The number of unbranched alkanes of at least 4 members (excludes halogenated alkanes) is 1. The van der Waals surface area contributed by atoms with E-state index < -0.39 is 17.9 Å². The molecule has 6 nitrogen and oxygen atoms in total. The lowest BCUT2D eigenvalue weighted by Crippen LogP contribution is -2.39. The van der Waals surface area contributed by atoms with Crippen molar-refractivity contribution in [2.45, 2.75) is 71.8 Å². The summed E-state index contributed by atoms with van der Waals surface area (Å²) in [4.78, 5) is 36.3. The fourth-order valence-corrected chi connectivity index (χ4v) is 2.47. The predicted octanol–water partition coefficient (Wildman–Crippen LogP) is 3.95. The standard InChI is InChI=1S/C22H37NO5/c1-6-9-12-19(23-20(24)13-10-7-2)16-28-22(26)18(11-8-3)14-21(25)27-15-17(4)5/h7-8,17-19H,2-3,6,9-16H2,1,4-5H3,(H,23,24)/t18?,19-/m0/s1. The van der Waals surface area contributed by atoms with Crippen LogP contribution in [-0.4, -0.2) is 37.1 Å². The number of nitrogens with one attached hydrogen (secondary N) is 1. The third-order valence-corrected chi connectivity index (χ3v) is 4.05. The lowest BCUT2D eigenvalue weighted by molar-refractivity contribution is -0.156. The van der Waals surface area contributed by atoms with Crippen LogP contribution in [0.1, 0.15) is 65.7 Å². The summed E-state index contributed by atoms with van der Waals surface area (Å²) < 4.78 is 10.6. The highest BCUT2D eigenvalue weighted by molar-refractivity contribution is 5.80. The van der Waals surface area contributed by atoms with E-state index in [1.54, 1.807) is 12.2 Å². The van der Waals surface area contributed by atoms with Crippen molar-refractivity contribution >= 4 is 17.8 Å². The van der Waals surface area contributed by atoms with Gasteiger partial charge in [0.25, 0.3) is 0 Å². The van der Waals surface area contributed by atoms with Crippen LogP contribution in [0.2, 0.25) is 0 Å². The van der Waals surface area contributed by atoms with Crippen LogP contribution in [-0.2, 0) is 23.9 Å².